The van der Waals surface area contributed by atoms with Crippen LogP contribution in [0.5, 0.6) is 0 Å². The third kappa shape index (κ3) is 14.2. The van der Waals surface area contributed by atoms with Crippen LogP contribution < -0.4 is 135 Å². The molecule has 176 valence electrons. The van der Waals surface area contributed by atoms with Crippen LogP contribution in [0.1, 0.15) is 0 Å². The van der Waals surface area contributed by atoms with Crippen molar-refractivity contribution in [3.05, 3.63) is 107 Å². The molecule has 4 aromatic carbocycles. The van der Waals surface area contributed by atoms with Crippen molar-refractivity contribution < 1.29 is 118 Å². The van der Waals surface area contributed by atoms with Gasteiger partial charge >= 0.3 is 103 Å². The maximum atomic E-state index is 8.33. The molecule has 0 aromatic heterocycles. The average Bonchev–Trinajstić information content (AvgIpc) is 2.79. The summed E-state index contributed by atoms with van der Waals surface area (Å²) in [7, 11) is 0. The van der Waals surface area contributed by atoms with E-state index in [0.717, 1.165) is 22.7 Å². The first-order chi connectivity index (χ1) is 16.2. The molecule has 0 saturated carbocycles. The summed E-state index contributed by atoms with van der Waals surface area (Å²) in [5, 5.41) is 24.4. The van der Waals surface area contributed by atoms with Gasteiger partial charge in [-0.2, -0.15) is 0 Å². The van der Waals surface area contributed by atoms with Gasteiger partial charge in [-0.3, -0.25) is 0 Å². The summed E-state index contributed by atoms with van der Waals surface area (Å²) < 4.78 is 0. The van der Waals surface area contributed by atoms with Gasteiger partial charge in [0.15, 0.2) is 0 Å². The molecule has 0 aliphatic heterocycles. The van der Waals surface area contributed by atoms with Gasteiger partial charge < -0.3 is 37.1 Å². The number of carbonyl (C=O) groups is 1. The number of benzene rings is 4. The Hall–Kier alpha value is -0.797. The standard InChI is InChI=1S/2C12H11ClN2.CH2O3.2K/c2*13-9-6-7-12(11(14)8-9)15-10-4-2-1-3-5-10;2-1(3)4;;/h2*1-8,15H,14H2;(H2,2,3,4);;/q;;;2*+1/p-2. The number of carboxylic acid groups (broad SMARTS) is 2. The van der Waals surface area contributed by atoms with Gasteiger partial charge in [0.2, 0.25) is 0 Å². The molecule has 36 heavy (non-hydrogen) atoms. The van der Waals surface area contributed by atoms with E-state index in [0.29, 0.717) is 21.4 Å². The number of hydrogen-bond donors (Lipinski definition) is 4. The zero-order valence-corrected chi connectivity index (χ0v) is 27.6. The van der Waals surface area contributed by atoms with Crippen molar-refractivity contribution in [1.82, 2.24) is 0 Å². The third-order valence-electron chi connectivity index (χ3n) is 4.13. The first kappa shape index (κ1) is 35.2. The first-order valence-electron chi connectivity index (χ1n) is 9.87. The molecule has 0 bridgehead atoms. The predicted molar refractivity (Wildman–Crippen MR) is 137 cm³/mol. The van der Waals surface area contributed by atoms with E-state index in [9.17, 15) is 0 Å². The Morgan fingerprint density at radius 2 is 0.917 bits per heavy atom. The molecule has 4 aromatic rings. The fraction of sp³-hybridized carbons (Fsp3) is 0. The molecule has 0 heterocycles. The summed E-state index contributed by atoms with van der Waals surface area (Å²) in [6.45, 7) is 0. The number of halogens is 2. The molecule has 0 fully saturated rings. The Labute approximate surface area is 305 Å². The van der Waals surface area contributed by atoms with Gasteiger partial charge in [0.25, 0.3) is 0 Å². The van der Waals surface area contributed by atoms with Crippen molar-refractivity contribution in [3.8, 4) is 0 Å². The van der Waals surface area contributed by atoms with Gasteiger partial charge in [-0.15, -0.1) is 0 Å². The average molecular weight is 576 g/mol. The van der Waals surface area contributed by atoms with Crippen LogP contribution in [-0.4, -0.2) is 6.16 Å². The van der Waals surface area contributed by atoms with Crippen LogP contribution in [0.4, 0.5) is 38.9 Å². The molecule has 6 N–H and O–H groups in total. The van der Waals surface area contributed by atoms with Crippen LogP contribution in [0.2, 0.25) is 10.0 Å². The second-order valence-corrected chi connectivity index (χ2v) is 7.57. The van der Waals surface area contributed by atoms with Crippen molar-refractivity contribution in [2.24, 2.45) is 0 Å². The minimum Gasteiger partial charge on any atom is -0.652 e. The summed E-state index contributed by atoms with van der Waals surface area (Å²) in [5.41, 5.74) is 16.7. The molecule has 0 unspecified atom stereocenters. The van der Waals surface area contributed by atoms with Gasteiger partial charge in [0.1, 0.15) is 0 Å². The second-order valence-electron chi connectivity index (χ2n) is 6.70. The number of nitrogens with two attached hydrogens (primary N) is 2. The van der Waals surface area contributed by atoms with E-state index in [1.165, 1.54) is 0 Å². The quantitative estimate of drug-likeness (QED) is 0.179. The molecular formula is C25H22Cl2K2N4O3. The Morgan fingerprint density at radius 1 is 0.611 bits per heavy atom. The van der Waals surface area contributed by atoms with Crippen molar-refractivity contribution >= 4 is 63.5 Å². The number of nitrogen functional groups attached to an aromatic ring is 2. The fourth-order valence-electron chi connectivity index (χ4n) is 2.65. The number of carbonyl (C=O) groups excluding carboxylic acids is 1. The zero-order chi connectivity index (χ0) is 24.9. The van der Waals surface area contributed by atoms with Crippen LogP contribution in [0.15, 0.2) is 97.1 Å². The van der Waals surface area contributed by atoms with Crippen LogP contribution in [0.25, 0.3) is 0 Å². The molecule has 0 aliphatic rings. The molecule has 0 atom stereocenters. The molecule has 4 rings (SSSR count). The molecule has 0 radical (unpaired) electrons. The molecular weight excluding hydrogens is 553 g/mol. The van der Waals surface area contributed by atoms with E-state index >= 15 is 0 Å². The Morgan fingerprint density at radius 3 is 1.19 bits per heavy atom. The Balaban J connectivity index is 0.000000566. The Bertz CT molecular complexity index is 1110. The molecule has 0 saturated heterocycles. The minimum atomic E-state index is -2.33. The van der Waals surface area contributed by atoms with E-state index in [4.69, 9.17) is 49.7 Å². The van der Waals surface area contributed by atoms with Crippen LogP contribution in [0, 0.1) is 0 Å². The molecule has 0 spiro atoms. The summed E-state index contributed by atoms with van der Waals surface area (Å²) in [4.78, 5) is 8.33. The maximum Gasteiger partial charge on any atom is 1.00 e. The predicted octanol–water partition coefficient (Wildman–Crippen LogP) is -1.11. The normalized spacial score (nSPS) is 8.94. The van der Waals surface area contributed by atoms with Gasteiger partial charge in [-0.05, 0) is 66.8 Å². The second kappa shape index (κ2) is 19.3. The van der Waals surface area contributed by atoms with Gasteiger partial charge in [-0.1, -0.05) is 59.6 Å². The van der Waals surface area contributed by atoms with Crippen molar-refractivity contribution in [1.29, 1.82) is 0 Å². The van der Waals surface area contributed by atoms with E-state index in [2.05, 4.69) is 10.6 Å². The smallest absolute Gasteiger partial charge is 0.652 e. The van der Waals surface area contributed by atoms with E-state index in [1.807, 2.05) is 84.9 Å². The number of hydrogen-bond acceptors (Lipinski definition) is 7. The number of anilines is 6. The minimum absolute atomic E-state index is 0. The molecule has 7 nitrogen and oxygen atoms in total. The summed E-state index contributed by atoms with van der Waals surface area (Å²) in [6.07, 6.45) is -2.33. The van der Waals surface area contributed by atoms with Crippen LogP contribution >= 0.6 is 23.2 Å². The number of para-hydroxylation sites is 2. The SMILES string of the molecule is Nc1cc(Cl)ccc1Nc1ccccc1.Nc1cc(Cl)ccc1Nc1ccccc1.O=C([O-])[O-].[K+].[K+]. The van der Waals surface area contributed by atoms with Crippen LogP contribution in [-0.2, 0) is 0 Å². The van der Waals surface area contributed by atoms with Gasteiger partial charge in [0, 0.05) is 21.4 Å². The zero-order valence-electron chi connectivity index (χ0n) is 19.9. The summed E-state index contributed by atoms with van der Waals surface area (Å²) in [6, 6.07) is 30.5. The van der Waals surface area contributed by atoms with Gasteiger partial charge in [-0.25, -0.2) is 0 Å². The van der Waals surface area contributed by atoms with E-state index in [-0.39, 0.29) is 103 Å². The third-order valence-corrected chi connectivity index (χ3v) is 4.60. The van der Waals surface area contributed by atoms with Gasteiger partial charge in [0.05, 0.1) is 22.7 Å². The Kier molecular flexibility index (Phi) is 18.9. The number of nitrogens with one attached hydrogen (secondary N) is 2. The van der Waals surface area contributed by atoms with Crippen molar-refractivity contribution in [2.45, 2.75) is 0 Å². The van der Waals surface area contributed by atoms with E-state index < -0.39 is 6.16 Å². The summed E-state index contributed by atoms with van der Waals surface area (Å²) >= 11 is 11.6. The largest absolute Gasteiger partial charge is 1.00 e. The monoisotopic (exact) mass is 574 g/mol. The molecule has 0 amide bonds. The summed E-state index contributed by atoms with van der Waals surface area (Å²) in [5.74, 6) is 0. The van der Waals surface area contributed by atoms with Crippen molar-refractivity contribution in [3.63, 3.8) is 0 Å². The maximum absolute atomic E-state index is 8.33. The fourth-order valence-corrected chi connectivity index (χ4v) is 3.01. The number of rotatable bonds is 4. The first-order valence-corrected chi connectivity index (χ1v) is 10.6. The topological polar surface area (TPSA) is 139 Å². The van der Waals surface area contributed by atoms with Crippen molar-refractivity contribution in [2.75, 3.05) is 22.1 Å². The van der Waals surface area contributed by atoms with Crippen LogP contribution in [0.3, 0.4) is 0 Å². The molecule has 0 aliphatic carbocycles. The molecule has 11 heteroatoms. The van der Waals surface area contributed by atoms with E-state index in [1.54, 1.807) is 12.1 Å².